The number of pyridine rings is 1. The summed E-state index contributed by atoms with van der Waals surface area (Å²) in [6.07, 6.45) is -4.70. The van der Waals surface area contributed by atoms with Gasteiger partial charge in [0, 0.05) is 5.92 Å². The van der Waals surface area contributed by atoms with Gasteiger partial charge in [0.1, 0.15) is 11.3 Å². The normalized spacial score (nSPS) is 15.2. The van der Waals surface area contributed by atoms with Gasteiger partial charge in [0.15, 0.2) is 0 Å². The second-order valence-corrected chi connectivity index (χ2v) is 7.33. The van der Waals surface area contributed by atoms with E-state index < -0.39 is 34.9 Å². The highest BCUT2D eigenvalue weighted by molar-refractivity contribution is 5.94. The number of H-pyrrole nitrogens is 1. The van der Waals surface area contributed by atoms with Crippen LogP contribution in [0.25, 0.3) is 0 Å². The van der Waals surface area contributed by atoms with Crippen molar-refractivity contribution in [3.8, 4) is 0 Å². The molecule has 2 aromatic carbocycles. The molecule has 1 unspecified atom stereocenters. The van der Waals surface area contributed by atoms with Crippen LogP contribution in [0.15, 0.2) is 71.5 Å². The van der Waals surface area contributed by atoms with Gasteiger partial charge >= 0.3 is 6.18 Å². The van der Waals surface area contributed by atoms with Gasteiger partial charge in [-0.2, -0.15) is 13.2 Å². The van der Waals surface area contributed by atoms with E-state index in [4.69, 9.17) is 4.74 Å². The topological polar surface area (TPSA) is 71.2 Å². The standard InChI is InChI=1S/C23H19F3N2O3/c24-23(25,26)19-11-10-18(21(29)27-19)22(30)28-20(15-4-2-1-3-5-15)16-8-6-14(7-9-16)17-12-31-13-17/h1-11,17,20H,12-13H2,(H,27,29)(H,28,30). The molecule has 1 aromatic heterocycles. The number of hydrogen-bond donors (Lipinski definition) is 2. The Hall–Kier alpha value is -3.39. The maximum absolute atomic E-state index is 12.8. The first kappa shape index (κ1) is 20.9. The Kier molecular flexibility index (Phi) is 5.65. The van der Waals surface area contributed by atoms with Crippen LogP contribution in [-0.4, -0.2) is 24.1 Å². The van der Waals surface area contributed by atoms with Crippen LogP contribution in [0.4, 0.5) is 13.2 Å². The summed E-state index contributed by atoms with van der Waals surface area (Å²) in [5.41, 5.74) is -0.000944. The zero-order valence-electron chi connectivity index (χ0n) is 16.3. The van der Waals surface area contributed by atoms with Crippen LogP contribution in [0.3, 0.4) is 0 Å². The number of nitrogens with one attached hydrogen (secondary N) is 2. The number of hydrogen-bond acceptors (Lipinski definition) is 3. The summed E-state index contributed by atoms with van der Waals surface area (Å²) in [5, 5.41) is 2.78. The molecule has 2 heterocycles. The Morgan fingerprint density at radius 3 is 2.16 bits per heavy atom. The molecule has 0 aliphatic carbocycles. The zero-order valence-corrected chi connectivity index (χ0v) is 16.3. The molecular formula is C23H19F3N2O3. The van der Waals surface area contributed by atoms with Crippen LogP contribution < -0.4 is 10.9 Å². The van der Waals surface area contributed by atoms with Crippen molar-refractivity contribution in [1.82, 2.24) is 10.3 Å². The van der Waals surface area contributed by atoms with Crippen molar-refractivity contribution >= 4 is 5.91 Å². The summed E-state index contributed by atoms with van der Waals surface area (Å²) in [7, 11) is 0. The highest BCUT2D eigenvalue weighted by Crippen LogP contribution is 2.28. The number of benzene rings is 2. The van der Waals surface area contributed by atoms with E-state index in [0.29, 0.717) is 25.2 Å². The van der Waals surface area contributed by atoms with Crippen molar-refractivity contribution in [2.45, 2.75) is 18.1 Å². The lowest BCUT2D eigenvalue weighted by Crippen LogP contribution is -2.34. The molecule has 31 heavy (non-hydrogen) atoms. The molecule has 5 nitrogen and oxygen atoms in total. The molecule has 1 fully saturated rings. The molecule has 1 aliphatic rings. The lowest BCUT2D eigenvalue weighted by Gasteiger charge is -2.27. The Balaban J connectivity index is 1.62. The minimum absolute atomic E-state index is 0.351. The van der Waals surface area contributed by atoms with E-state index >= 15 is 0 Å². The fourth-order valence-corrected chi connectivity index (χ4v) is 3.42. The van der Waals surface area contributed by atoms with E-state index in [9.17, 15) is 22.8 Å². The average molecular weight is 428 g/mol. The maximum Gasteiger partial charge on any atom is 0.431 e. The third-order valence-electron chi connectivity index (χ3n) is 5.25. The predicted molar refractivity (Wildman–Crippen MR) is 108 cm³/mol. The number of rotatable bonds is 5. The molecule has 2 N–H and O–H groups in total. The number of amides is 1. The van der Waals surface area contributed by atoms with E-state index in [-0.39, 0.29) is 0 Å². The van der Waals surface area contributed by atoms with Gasteiger partial charge in [-0.15, -0.1) is 0 Å². The van der Waals surface area contributed by atoms with E-state index in [2.05, 4.69) is 5.32 Å². The summed E-state index contributed by atoms with van der Waals surface area (Å²) in [6.45, 7) is 1.35. The molecule has 0 radical (unpaired) electrons. The number of carbonyl (C=O) groups is 1. The smallest absolute Gasteiger partial charge is 0.380 e. The van der Waals surface area contributed by atoms with Crippen molar-refractivity contribution in [2.75, 3.05) is 13.2 Å². The minimum atomic E-state index is -4.70. The van der Waals surface area contributed by atoms with Crippen molar-refractivity contribution < 1.29 is 22.7 Å². The van der Waals surface area contributed by atoms with Crippen LogP contribution in [0.2, 0.25) is 0 Å². The molecule has 1 aliphatic heterocycles. The summed E-state index contributed by atoms with van der Waals surface area (Å²) in [6, 6.07) is 17.8. The van der Waals surface area contributed by atoms with Crippen molar-refractivity contribution in [3.05, 3.63) is 105 Å². The van der Waals surface area contributed by atoms with Crippen molar-refractivity contribution in [1.29, 1.82) is 0 Å². The van der Waals surface area contributed by atoms with E-state index in [1.807, 2.05) is 54.6 Å². The molecule has 0 bridgehead atoms. The molecule has 0 saturated carbocycles. The third-order valence-corrected chi connectivity index (χ3v) is 5.25. The van der Waals surface area contributed by atoms with Gasteiger partial charge in [-0.3, -0.25) is 9.59 Å². The van der Waals surface area contributed by atoms with Gasteiger partial charge in [-0.25, -0.2) is 0 Å². The quantitative estimate of drug-likeness (QED) is 0.645. The van der Waals surface area contributed by atoms with Crippen LogP contribution in [0, 0.1) is 0 Å². The summed E-state index contributed by atoms with van der Waals surface area (Å²) < 4.78 is 43.6. The Labute approximate surface area is 175 Å². The van der Waals surface area contributed by atoms with Gasteiger partial charge in [-0.05, 0) is 28.8 Å². The highest BCUT2D eigenvalue weighted by atomic mass is 19.4. The summed E-state index contributed by atoms with van der Waals surface area (Å²) in [4.78, 5) is 26.6. The number of halogens is 3. The van der Waals surface area contributed by atoms with Crippen LogP contribution >= 0.6 is 0 Å². The van der Waals surface area contributed by atoms with Gasteiger partial charge in [0.25, 0.3) is 11.5 Å². The van der Waals surface area contributed by atoms with Crippen molar-refractivity contribution in [3.63, 3.8) is 0 Å². The number of alkyl halides is 3. The fourth-order valence-electron chi connectivity index (χ4n) is 3.42. The Bertz CT molecular complexity index is 1120. The first-order valence-corrected chi connectivity index (χ1v) is 9.67. The molecule has 160 valence electrons. The minimum Gasteiger partial charge on any atom is -0.380 e. The van der Waals surface area contributed by atoms with E-state index in [0.717, 1.165) is 22.8 Å². The Morgan fingerprint density at radius 2 is 1.61 bits per heavy atom. The molecule has 1 amide bonds. The number of aromatic amines is 1. The maximum atomic E-state index is 12.8. The third kappa shape index (κ3) is 4.54. The van der Waals surface area contributed by atoms with Gasteiger partial charge in [-0.1, -0.05) is 54.6 Å². The molecule has 0 spiro atoms. The first-order chi connectivity index (χ1) is 14.8. The lowest BCUT2D eigenvalue weighted by molar-refractivity contribution is -0.141. The van der Waals surface area contributed by atoms with Gasteiger partial charge in [0.2, 0.25) is 0 Å². The molecular weight excluding hydrogens is 409 g/mol. The molecule has 1 atom stereocenters. The van der Waals surface area contributed by atoms with E-state index in [1.54, 1.807) is 4.98 Å². The first-order valence-electron chi connectivity index (χ1n) is 9.67. The molecule has 3 aromatic rings. The molecule has 8 heteroatoms. The number of ether oxygens (including phenoxy) is 1. The molecule has 4 rings (SSSR count). The van der Waals surface area contributed by atoms with Crippen LogP contribution in [-0.2, 0) is 10.9 Å². The zero-order chi connectivity index (χ0) is 22.0. The second-order valence-electron chi connectivity index (χ2n) is 7.33. The second kappa shape index (κ2) is 8.39. The highest BCUT2D eigenvalue weighted by Gasteiger charge is 2.32. The van der Waals surface area contributed by atoms with E-state index in [1.165, 1.54) is 0 Å². The number of aromatic nitrogens is 1. The van der Waals surface area contributed by atoms with Gasteiger partial charge < -0.3 is 15.0 Å². The molecule has 1 saturated heterocycles. The summed E-state index contributed by atoms with van der Waals surface area (Å²) in [5.74, 6) is -0.412. The monoisotopic (exact) mass is 428 g/mol. The fraction of sp³-hybridized carbons (Fsp3) is 0.217. The van der Waals surface area contributed by atoms with Crippen molar-refractivity contribution in [2.24, 2.45) is 0 Å². The average Bonchev–Trinajstić information content (AvgIpc) is 2.71. The van der Waals surface area contributed by atoms with Crippen LogP contribution in [0.5, 0.6) is 0 Å². The Morgan fingerprint density at radius 1 is 0.968 bits per heavy atom. The SMILES string of the molecule is O=C(NC(c1ccccc1)c1ccc(C2COC2)cc1)c1ccc(C(F)(F)F)[nH]c1=O. The van der Waals surface area contributed by atoms with Crippen LogP contribution in [0.1, 0.15) is 44.7 Å². The van der Waals surface area contributed by atoms with Gasteiger partial charge in [0.05, 0.1) is 19.3 Å². The largest absolute Gasteiger partial charge is 0.431 e. The number of carbonyl (C=O) groups excluding carboxylic acids is 1. The lowest BCUT2D eigenvalue weighted by atomic mass is 9.93. The summed E-state index contributed by atoms with van der Waals surface area (Å²) >= 11 is 0. The predicted octanol–water partition coefficient (Wildman–Crippen LogP) is 4.03.